The van der Waals surface area contributed by atoms with Gasteiger partial charge < -0.3 is 4.57 Å². The Kier molecular flexibility index (Phi) is 6.70. The second kappa shape index (κ2) is 9.05. The van der Waals surface area contributed by atoms with Gasteiger partial charge in [0.2, 0.25) is 5.91 Å². The van der Waals surface area contributed by atoms with Crippen molar-refractivity contribution in [1.82, 2.24) is 4.57 Å². The van der Waals surface area contributed by atoms with Crippen molar-refractivity contribution in [2.45, 2.75) is 45.4 Å². The highest BCUT2D eigenvalue weighted by molar-refractivity contribution is 7.90. The molecule has 3 rings (SSSR count). The summed E-state index contributed by atoms with van der Waals surface area (Å²) in [6.45, 7) is 7.00. The number of rotatable bonds is 7. The van der Waals surface area contributed by atoms with Gasteiger partial charge in [0.1, 0.15) is 0 Å². The molecule has 29 heavy (non-hydrogen) atoms. The summed E-state index contributed by atoms with van der Waals surface area (Å²) in [6.07, 6.45) is -0.107. The third-order valence-electron chi connectivity index (χ3n) is 4.77. The van der Waals surface area contributed by atoms with Crippen LogP contribution in [0.25, 0.3) is 10.2 Å². The fraction of sp³-hybridized carbons (Fsp3) is 0.364. The number of aryl methyl sites for hydroxylation is 1. The Morgan fingerprint density at radius 2 is 1.86 bits per heavy atom. The lowest BCUT2D eigenvalue weighted by atomic mass is 10.0. The number of hydrogen-bond donors (Lipinski definition) is 0. The lowest BCUT2D eigenvalue weighted by molar-refractivity contribution is -0.117. The number of hydrogen-bond acceptors (Lipinski definition) is 4. The normalized spacial score (nSPS) is 12.8. The highest BCUT2D eigenvalue weighted by Gasteiger charge is 2.15. The van der Waals surface area contributed by atoms with Crippen molar-refractivity contribution in [3.05, 3.63) is 64.5 Å². The van der Waals surface area contributed by atoms with Crippen LogP contribution in [-0.4, -0.2) is 24.6 Å². The van der Waals surface area contributed by atoms with Crippen LogP contribution in [0.4, 0.5) is 0 Å². The van der Waals surface area contributed by atoms with Crippen molar-refractivity contribution in [3.8, 4) is 0 Å². The van der Waals surface area contributed by atoms with Crippen LogP contribution in [0.15, 0.2) is 53.5 Å². The molecule has 0 saturated carbocycles. The molecule has 0 unspecified atom stereocenters. The first kappa shape index (κ1) is 21.5. The van der Waals surface area contributed by atoms with Crippen LogP contribution < -0.4 is 4.80 Å². The molecule has 0 bridgehead atoms. The number of carbonyl (C=O) groups is 1. The van der Waals surface area contributed by atoms with E-state index in [4.69, 9.17) is 0 Å². The van der Waals surface area contributed by atoms with E-state index in [2.05, 4.69) is 37.0 Å². The molecule has 1 aromatic heterocycles. The summed E-state index contributed by atoms with van der Waals surface area (Å²) in [5.41, 5.74) is 3.02. The van der Waals surface area contributed by atoms with E-state index in [1.54, 1.807) is 24.3 Å². The third-order valence-corrected chi connectivity index (χ3v) is 7.41. The average Bonchev–Trinajstić information content (AvgIpc) is 3.03. The zero-order valence-electron chi connectivity index (χ0n) is 17.0. The summed E-state index contributed by atoms with van der Waals surface area (Å²) in [4.78, 5) is 17.2. The topological polar surface area (TPSA) is 68.5 Å². The van der Waals surface area contributed by atoms with E-state index >= 15 is 0 Å². The molecule has 3 aromatic rings. The van der Waals surface area contributed by atoms with Crippen LogP contribution in [0.3, 0.4) is 0 Å². The molecule has 0 fully saturated rings. The predicted octanol–water partition coefficient (Wildman–Crippen LogP) is 4.28. The first-order valence-electron chi connectivity index (χ1n) is 9.74. The maximum Gasteiger partial charge on any atom is 0.249 e. The number of fused-ring (bicyclic) bond motifs is 1. The molecule has 0 radical (unpaired) electrons. The molecule has 0 spiro atoms. The second-order valence-corrected chi connectivity index (χ2v) is 10.5. The second-order valence-electron chi connectivity index (χ2n) is 7.34. The van der Waals surface area contributed by atoms with Gasteiger partial charge in [0, 0.05) is 13.0 Å². The van der Waals surface area contributed by atoms with Gasteiger partial charge >= 0.3 is 0 Å². The Labute approximate surface area is 175 Å². The summed E-state index contributed by atoms with van der Waals surface area (Å²) in [5, 5.41) is 0. The summed E-state index contributed by atoms with van der Waals surface area (Å²) in [5.74, 6) is -0.233. The van der Waals surface area contributed by atoms with Crippen molar-refractivity contribution in [2.75, 3.05) is 5.75 Å². The highest BCUT2D eigenvalue weighted by Crippen LogP contribution is 2.23. The Balaban J connectivity index is 1.78. The largest absolute Gasteiger partial charge is 0.317 e. The van der Waals surface area contributed by atoms with E-state index < -0.39 is 15.7 Å². The van der Waals surface area contributed by atoms with Crippen molar-refractivity contribution >= 4 is 37.3 Å². The number of sulfone groups is 1. The Bertz CT molecular complexity index is 1170. The van der Waals surface area contributed by atoms with Crippen molar-refractivity contribution in [3.63, 3.8) is 0 Å². The number of thiazole rings is 1. The van der Waals surface area contributed by atoms with Crippen molar-refractivity contribution in [1.29, 1.82) is 0 Å². The summed E-state index contributed by atoms with van der Waals surface area (Å²) in [6, 6.07) is 15.3. The minimum Gasteiger partial charge on any atom is -0.317 e. The SMILES string of the molecule is CCn1c(=NC(=O)CCS(=O)(=O)Cc2ccccc2)sc2cc(C(C)C)ccc21. The Morgan fingerprint density at radius 1 is 1.14 bits per heavy atom. The first-order valence-corrected chi connectivity index (χ1v) is 12.4. The number of aromatic nitrogens is 1. The molecule has 154 valence electrons. The molecular formula is C22H26N2O3S2. The van der Waals surface area contributed by atoms with Gasteiger partial charge in [0.05, 0.1) is 21.7 Å². The summed E-state index contributed by atoms with van der Waals surface area (Å²) in [7, 11) is -3.36. The van der Waals surface area contributed by atoms with Gasteiger partial charge in [-0.05, 0) is 36.1 Å². The van der Waals surface area contributed by atoms with Gasteiger partial charge in [-0.3, -0.25) is 4.79 Å². The molecule has 0 aliphatic heterocycles. The summed E-state index contributed by atoms with van der Waals surface area (Å²) >= 11 is 1.47. The Hall–Kier alpha value is -2.25. The van der Waals surface area contributed by atoms with Crippen LogP contribution in [0, 0.1) is 0 Å². The van der Waals surface area contributed by atoms with E-state index in [0.29, 0.717) is 17.3 Å². The molecule has 2 aromatic carbocycles. The molecule has 0 atom stereocenters. The number of carbonyl (C=O) groups excluding carboxylic acids is 1. The van der Waals surface area contributed by atoms with Gasteiger partial charge in [-0.1, -0.05) is 61.6 Å². The standard InChI is InChI=1S/C22H26N2O3S2/c1-4-24-19-11-10-18(16(2)3)14-20(19)28-22(24)23-21(25)12-13-29(26,27)15-17-8-6-5-7-9-17/h5-11,14,16H,4,12-13,15H2,1-3H3. The molecule has 5 nitrogen and oxygen atoms in total. The lowest BCUT2D eigenvalue weighted by Gasteiger charge is -2.05. The number of benzene rings is 2. The fourth-order valence-electron chi connectivity index (χ4n) is 3.15. The van der Waals surface area contributed by atoms with E-state index in [1.807, 2.05) is 17.6 Å². The zero-order chi connectivity index (χ0) is 21.0. The van der Waals surface area contributed by atoms with Crippen LogP contribution in [0.2, 0.25) is 0 Å². The zero-order valence-corrected chi connectivity index (χ0v) is 18.6. The molecule has 0 aliphatic rings. The van der Waals surface area contributed by atoms with Gasteiger partial charge in [-0.15, -0.1) is 0 Å². The third kappa shape index (κ3) is 5.42. The predicted molar refractivity (Wildman–Crippen MR) is 119 cm³/mol. The smallest absolute Gasteiger partial charge is 0.249 e. The maximum absolute atomic E-state index is 12.4. The van der Waals surface area contributed by atoms with Gasteiger partial charge in [0.15, 0.2) is 14.6 Å². The first-order chi connectivity index (χ1) is 13.8. The minimum atomic E-state index is -3.36. The molecule has 0 aliphatic carbocycles. The number of nitrogens with zero attached hydrogens (tertiary/aromatic N) is 2. The van der Waals surface area contributed by atoms with Gasteiger partial charge in [-0.2, -0.15) is 4.99 Å². The molecule has 1 heterocycles. The van der Waals surface area contributed by atoms with Crippen LogP contribution in [0.1, 0.15) is 44.2 Å². The van der Waals surface area contributed by atoms with Crippen LogP contribution >= 0.6 is 11.3 Å². The highest BCUT2D eigenvalue weighted by atomic mass is 32.2. The molecular weight excluding hydrogens is 404 g/mol. The monoisotopic (exact) mass is 430 g/mol. The fourth-order valence-corrected chi connectivity index (χ4v) is 5.64. The molecule has 7 heteroatoms. The average molecular weight is 431 g/mol. The Morgan fingerprint density at radius 3 is 2.52 bits per heavy atom. The quantitative estimate of drug-likeness (QED) is 0.562. The van der Waals surface area contributed by atoms with E-state index in [-0.39, 0.29) is 17.9 Å². The van der Waals surface area contributed by atoms with E-state index in [0.717, 1.165) is 15.8 Å². The van der Waals surface area contributed by atoms with E-state index in [9.17, 15) is 13.2 Å². The van der Waals surface area contributed by atoms with Crippen molar-refractivity contribution < 1.29 is 13.2 Å². The van der Waals surface area contributed by atoms with Gasteiger partial charge in [-0.25, -0.2) is 8.42 Å². The lowest BCUT2D eigenvalue weighted by Crippen LogP contribution is -2.18. The molecule has 1 amide bonds. The van der Waals surface area contributed by atoms with E-state index in [1.165, 1.54) is 16.9 Å². The number of amides is 1. The van der Waals surface area contributed by atoms with Gasteiger partial charge in [0.25, 0.3) is 0 Å². The summed E-state index contributed by atoms with van der Waals surface area (Å²) < 4.78 is 27.7. The van der Waals surface area contributed by atoms with Crippen molar-refractivity contribution in [2.24, 2.45) is 4.99 Å². The van der Waals surface area contributed by atoms with Crippen LogP contribution in [0.5, 0.6) is 0 Å². The molecule has 0 N–H and O–H groups in total. The van der Waals surface area contributed by atoms with Crippen LogP contribution in [-0.2, 0) is 26.9 Å². The molecule has 0 saturated heterocycles. The minimum absolute atomic E-state index is 0.0586. The maximum atomic E-state index is 12.4.